The molecule has 0 aliphatic rings. The van der Waals surface area contributed by atoms with E-state index >= 15 is 0 Å². The highest BCUT2D eigenvalue weighted by Crippen LogP contribution is 2.24. The first-order valence-corrected chi connectivity index (χ1v) is 13.3. The molecule has 1 atom stereocenters. The van der Waals surface area contributed by atoms with Crippen molar-refractivity contribution in [2.75, 3.05) is 0 Å². The number of carbonyl (C=O) groups is 1. The van der Waals surface area contributed by atoms with Crippen LogP contribution in [0.4, 0.5) is 4.79 Å². The van der Waals surface area contributed by atoms with Crippen LogP contribution in [0.25, 0.3) is 16.6 Å². The first-order chi connectivity index (χ1) is 17.8. The van der Waals surface area contributed by atoms with E-state index in [0.717, 1.165) is 22.2 Å². The van der Waals surface area contributed by atoms with Gasteiger partial charge in [-0.05, 0) is 54.8 Å². The van der Waals surface area contributed by atoms with Gasteiger partial charge < -0.3 is 14.5 Å². The minimum absolute atomic E-state index is 0.0578. The highest BCUT2D eigenvalue weighted by atomic mass is 32.2. The molecule has 0 bridgehead atoms. The summed E-state index contributed by atoms with van der Waals surface area (Å²) in [4.78, 5) is 17.6. The third kappa shape index (κ3) is 5.12. The lowest BCUT2D eigenvalue weighted by atomic mass is 10.1. The molecule has 2 N–H and O–H groups in total. The maximum absolute atomic E-state index is 13.0. The van der Waals surface area contributed by atoms with E-state index in [0.29, 0.717) is 17.8 Å². The topological polar surface area (TPSA) is 98.0 Å². The summed E-state index contributed by atoms with van der Waals surface area (Å²) in [6, 6.07) is 22.9. The fraction of sp³-hybridized carbons (Fsp3) is 0.143. The maximum atomic E-state index is 13.0. The van der Waals surface area contributed by atoms with Crippen LogP contribution in [0.15, 0.2) is 102 Å². The van der Waals surface area contributed by atoms with Crippen molar-refractivity contribution in [1.29, 1.82) is 0 Å². The number of imidazole rings is 1. The number of nitrogens with zero attached hydrogens (tertiary/aromatic N) is 3. The van der Waals surface area contributed by atoms with E-state index in [9.17, 15) is 13.2 Å². The zero-order valence-electron chi connectivity index (χ0n) is 20.5. The van der Waals surface area contributed by atoms with Crippen molar-refractivity contribution in [1.82, 2.24) is 24.2 Å². The van der Waals surface area contributed by atoms with Crippen LogP contribution in [-0.2, 0) is 23.5 Å². The van der Waals surface area contributed by atoms with Crippen molar-refractivity contribution in [3.05, 3.63) is 114 Å². The van der Waals surface area contributed by atoms with Crippen LogP contribution < -0.4 is 10.0 Å². The van der Waals surface area contributed by atoms with Crippen LogP contribution in [0, 0.1) is 6.92 Å². The fourth-order valence-corrected chi connectivity index (χ4v) is 5.65. The molecule has 37 heavy (non-hydrogen) atoms. The lowest BCUT2D eigenvalue weighted by Crippen LogP contribution is -2.42. The number of hydrogen-bond acceptors (Lipinski definition) is 4. The molecule has 0 fully saturated rings. The van der Waals surface area contributed by atoms with Crippen molar-refractivity contribution in [3.8, 4) is 5.69 Å². The Morgan fingerprint density at radius 3 is 2.51 bits per heavy atom. The lowest BCUT2D eigenvalue weighted by Gasteiger charge is -2.21. The highest BCUT2D eigenvalue weighted by molar-refractivity contribution is 7.90. The molecule has 0 aliphatic heterocycles. The van der Waals surface area contributed by atoms with Gasteiger partial charge in [0.1, 0.15) is 5.82 Å². The Kier molecular flexibility index (Phi) is 6.54. The van der Waals surface area contributed by atoms with Crippen molar-refractivity contribution in [2.24, 2.45) is 7.05 Å². The van der Waals surface area contributed by atoms with Gasteiger partial charge in [0, 0.05) is 42.2 Å². The van der Waals surface area contributed by atoms with Gasteiger partial charge in [-0.25, -0.2) is 22.9 Å². The van der Waals surface area contributed by atoms with E-state index in [1.165, 1.54) is 6.07 Å². The molecule has 8 nitrogen and oxygen atoms in total. The Bertz CT molecular complexity index is 1670. The van der Waals surface area contributed by atoms with Crippen LogP contribution in [0.3, 0.4) is 0 Å². The predicted octanol–water partition coefficient (Wildman–Crippen LogP) is 4.64. The summed E-state index contributed by atoms with van der Waals surface area (Å²) in [5, 5.41) is 3.93. The molecule has 5 rings (SSSR count). The first-order valence-electron chi connectivity index (χ1n) is 11.8. The number of fused-ring (bicyclic) bond motifs is 1. The minimum Gasteiger partial charge on any atom is -0.351 e. The molecule has 0 aliphatic carbocycles. The van der Waals surface area contributed by atoms with E-state index in [-0.39, 0.29) is 4.90 Å². The number of hydrogen-bond donors (Lipinski definition) is 2. The van der Waals surface area contributed by atoms with Crippen molar-refractivity contribution in [3.63, 3.8) is 0 Å². The van der Waals surface area contributed by atoms with Gasteiger partial charge in [0.25, 0.3) is 10.0 Å². The summed E-state index contributed by atoms with van der Waals surface area (Å²) in [6.07, 6.45) is 5.93. The lowest BCUT2D eigenvalue weighted by molar-refractivity contribution is 0.241. The molecular weight excluding hydrogens is 486 g/mol. The molecule has 2 amide bonds. The molecule has 2 aromatic heterocycles. The summed E-state index contributed by atoms with van der Waals surface area (Å²) >= 11 is 0. The summed E-state index contributed by atoms with van der Waals surface area (Å²) in [5.74, 6) is 0.586. The second kappa shape index (κ2) is 9.94. The normalized spacial score (nSPS) is 12.4. The highest BCUT2D eigenvalue weighted by Gasteiger charge is 2.25. The number of nitrogens with one attached hydrogen (secondary N) is 2. The van der Waals surface area contributed by atoms with Gasteiger partial charge in [-0.1, -0.05) is 48.5 Å². The summed E-state index contributed by atoms with van der Waals surface area (Å²) in [5.41, 5.74) is 3.52. The second-order valence-corrected chi connectivity index (χ2v) is 10.6. The van der Waals surface area contributed by atoms with E-state index in [1.807, 2.05) is 77.1 Å². The summed E-state index contributed by atoms with van der Waals surface area (Å²) in [6.45, 7) is 1.69. The number of aryl methyl sites for hydroxylation is 2. The molecule has 3 aromatic carbocycles. The number of rotatable bonds is 7. The van der Waals surface area contributed by atoms with Gasteiger partial charge in [-0.2, -0.15) is 0 Å². The van der Waals surface area contributed by atoms with Gasteiger partial charge in [-0.3, -0.25) is 0 Å². The molecule has 0 spiro atoms. The molecule has 188 valence electrons. The van der Waals surface area contributed by atoms with Gasteiger partial charge in [0.05, 0.1) is 10.9 Å². The summed E-state index contributed by atoms with van der Waals surface area (Å²) < 4.78 is 31.9. The molecule has 0 saturated carbocycles. The third-order valence-electron chi connectivity index (χ3n) is 6.33. The average molecular weight is 514 g/mol. The van der Waals surface area contributed by atoms with Crippen LogP contribution in [0.1, 0.15) is 23.0 Å². The Morgan fingerprint density at radius 2 is 1.73 bits per heavy atom. The van der Waals surface area contributed by atoms with E-state index in [1.54, 1.807) is 31.3 Å². The van der Waals surface area contributed by atoms with E-state index in [4.69, 9.17) is 0 Å². The van der Waals surface area contributed by atoms with E-state index in [2.05, 4.69) is 21.1 Å². The van der Waals surface area contributed by atoms with Gasteiger partial charge in [0.15, 0.2) is 0 Å². The quantitative estimate of drug-likeness (QED) is 0.331. The fourth-order valence-electron chi connectivity index (χ4n) is 4.49. The first kappa shape index (κ1) is 24.3. The number of carbonyl (C=O) groups excluding carboxylic acids is 1. The van der Waals surface area contributed by atoms with Crippen LogP contribution in [0.2, 0.25) is 0 Å². The maximum Gasteiger partial charge on any atom is 0.329 e. The standard InChI is InChI=1S/C28H27N5O3S/c1-20-8-6-7-11-26(20)37(35,36)31-28(34)30-24(18-21-9-4-3-5-10-21)27-29-15-17-33(27)23-12-13-25-22(19-23)14-16-32(25)2/h3-17,19,24H,18H2,1-2H3,(H2,30,31,34)/t24-/m0/s1. The molecule has 0 saturated heterocycles. The van der Waals surface area contributed by atoms with E-state index < -0.39 is 22.1 Å². The third-order valence-corrected chi connectivity index (χ3v) is 7.82. The largest absolute Gasteiger partial charge is 0.351 e. The molecule has 5 aromatic rings. The summed E-state index contributed by atoms with van der Waals surface area (Å²) in [7, 11) is -2.06. The van der Waals surface area contributed by atoms with Gasteiger partial charge >= 0.3 is 6.03 Å². The van der Waals surface area contributed by atoms with Crippen molar-refractivity contribution in [2.45, 2.75) is 24.3 Å². The SMILES string of the molecule is Cc1ccccc1S(=O)(=O)NC(=O)N[C@@H](Cc1ccccc1)c1nccn1-c1ccc2c(ccn2C)c1. The number of benzene rings is 3. The Balaban J connectivity index is 1.47. The van der Waals surface area contributed by atoms with Crippen LogP contribution >= 0.6 is 0 Å². The number of aromatic nitrogens is 3. The molecule has 9 heteroatoms. The molecule has 0 radical (unpaired) electrons. The predicted molar refractivity (Wildman–Crippen MR) is 143 cm³/mol. The van der Waals surface area contributed by atoms with Crippen molar-refractivity contribution < 1.29 is 13.2 Å². The van der Waals surface area contributed by atoms with Crippen molar-refractivity contribution >= 4 is 27.0 Å². The number of sulfonamides is 1. The number of amides is 2. The minimum atomic E-state index is -4.05. The smallest absolute Gasteiger partial charge is 0.329 e. The Morgan fingerprint density at radius 1 is 0.973 bits per heavy atom. The molecule has 0 unspecified atom stereocenters. The number of urea groups is 1. The second-order valence-electron chi connectivity index (χ2n) is 8.91. The Labute approximate surface area is 215 Å². The van der Waals surface area contributed by atoms with Crippen LogP contribution in [-0.4, -0.2) is 28.6 Å². The Hall–Kier alpha value is -4.37. The zero-order valence-corrected chi connectivity index (χ0v) is 21.3. The van der Waals surface area contributed by atoms with Crippen LogP contribution in [0.5, 0.6) is 0 Å². The van der Waals surface area contributed by atoms with Gasteiger partial charge in [-0.15, -0.1) is 0 Å². The zero-order chi connectivity index (χ0) is 26.0. The molecular formula is C28H27N5O3S. The monoisotopic (exact) mass is 513 g/mol. The average Bonchev–Trinajstić information content (AvgIpc) is 3.51. The van der Waals surface area contributed by atoms with Gasteiger partial charge in [0.2, 0.25) is 0 Å². The molecule has 2 heterocycles.